The Labute approximate surface area is 108 Å². The Bertz CT molecular complexity index is 639. The van der Waals surface area contributed by atoms with E-state index in [4.69, 9.17) is 5.73 Å². The monoisotopic (exact) mass is 285 g/mol. The molecule has 1 heterocycles. The molecule has 0 fully saturated rings. The minimum atomic E-state index is -3.47. The predicted molar refractivity (Wildman–Crippen MR) is 67.6 cm³/mol. The van der Waals surface area contributed by atoms with Crippen molar-refractivity contribution in [3.05, 3.63) is 24.5 Å². The van der Waals surface area contributed by atoms with Crippen molar-refractivity contribution in [1.82, 2.24) is 19.9 Å². The highest BCUT2D eigenvalue weighted by Crippen LogP contribution is 2.30. The van der Waals surface area contributed by atoms with Crippen LogP contribution in [-0.2, 0) is 10.0 Å². The standard InChI is InChI=1S/C9H11N5O2S2/c1-11-18(15,16)6-2-3-8(7(10)4-6)17-9-12-5-13-14-9/h2-5,11H,10H2,1H3,(H,12,13,14). The summed E-state index contributed by atoms with van der Waals surface area (Å²) in [6.07, 6.45) is 1.39. The molecule has 1 aromatic heterocycles. The number of nitrogens with zero attached hydrogens (tertiary/aromatic N) is 2. The molecule has 18 heavy (non-hydrogen) atoms. The summed E-state index contributed by atoms with van der Waals surface area (Å²) < 4.78 is 25.4. The molecule has 7 nitrogen and oxygen atoms in total. The number of aromatic amines is 1. The second kappa shape index (κ2) is 4.96. The molecule has 2 rings (SSSR count). The largest absolute Gasteiger partial charge is 0.398 e. The van der Waals surface area contributed by atoms with Crippen LogP contribution in [0, 0.1) is 0 Å². The van der Waals surface area contributed by atoms with Gasteiger partial charge in [0.15, 0.2) is 5.16 Å². The van der Waals surface area contributed by atoms with E-state index in [-0.39, 0.29) is 4.90 Å². The van der Waals surface area contributed by atoms with Crippen molar-refractivity contribution in [3.8, 4) is 0 Å². The summed E-state index contributed by atoms with van der Waals surface area (Å²) in [5.41, 5.74) is 6.18. The van der Waals surface area contributed by atoms with E-state index < -0.39 is 10.0 Å². The molecule has 1 aromatic carbocycles. The molecule has 0 atom stereocenters. The average molecular weight is 285 g/mol. The number of H-pyrrole nitrogens is 1. The zero-order valence-corrected chi connectivity index (χ0v) is 11.0. The van der Waals surface area contributed by atoms with Gasteiger partial charge in [0.1, 0.15) is 6.33 Å². The van der Waals surface area contributed by atoms with Crippen LogP contribution in [0.1, 0.15) is 0 Å². The van der Waals surface area contributed by atoms with E-state index in [1.165, 1.54) is 37.3 Å². The SMILES string of the molecule is CNS(=O)(=O)c1ccc(Sc2ncn[nH]2)c(N)c1. The van der Waals surface area contributed by atoms with Crippen molar-refractivity contribution in [1.29, 1.82) is 0 Å². The molecule has 96 valence electrons. The first-order valence-corrected chi connectivity index (χ1v) is 7.19. The van der Waals surface area contributed by atoms with Crippen LogP contribution < -0.4 is 10.5 Å². The average Bonchev–Trinajstić information content (AvgIpc) is 2.84. The van der Waals surface area contributed by atoms with Gasteiger partial charge in [0.05, 0.1) is 4.90 Å². The van der Waals surface area contributed by atoms with Gasteiger partial charge in [-0.1, -0.05) is 0 Å². The third-order valence-electron chi connectivity index (χ3n) is 2.16. The van der Waals surface area contributed by atoms with Gasteiger partial charge in [0, 0.05) is 10.6 Å². The lowest BCUT2D eigenvalue weighted by atomic mass is 10.3. The molecule has 0 radical (unpaired) electrons. The predicted octanol–water partition coefficient (Wildman–Crippen LogP) is 0.446. The molecular weight excluding hydrogens is 274 g/mol. The van der Waals surface area contributed by atoms with Crippen molar-refractivity contribution in [3.63, 3.8) is 0 Å². The van der Waals surface area contributed by atoms with E-state index in [1.54, 1.807) is 6.07 Å². The lowest BCUT2D eigenvalue weighted by Gasteiger charge is -2.06. The van der Waals surface area contributed by atoms with Crippen molar-refractivity contribution < 1.29 is 8.42 Å². The van der Waals surface area contributed by atoms with Crippen molar-refractivity contribution in [2.75, 3.05) is 12.8 Å². The highest BCUT2D eigenvalue weighted by molar-refractivity contribution is 7.99. The van der Waals surface area contributed by atoms with Gasteiger partial charge in [-0.3, -0.25) is 5.10 Å². The van der Waals surface area contributed by atoms with Crippen LogP contribution in [0.4, 0.5) is 5.69 Å². The molecule has 2 aromatic rings. The minimum absolute atomic E-state index is 0.129. The maximum Gasteiger partial charge on any atom is 0.240 e. The second-order valence-electron chi connectivity index (χ2n) is 3.30. The van der Waals surface area contributed by atoms with Gasteiger partial charge in [0.2, 0.25) is 10.0 Å². The Morgan fingerprint density at radius 1 is 1.44 bits per heavy atom. The summed E-state index contributed by atoms with van der Waals surface area (Å²) in [7, 11) is -2.12. The van der Waals surface area contributed by atoms with Crippen LogP contribution in [0.15, 0.2) is 39.5 Å². The molecular formula is C9H11N5O2S2. The number of nitrogens with two attached hydrogens (primary N) is 1. The third-order valence-corrected chi connectivity index (χ3v) is 4.55. The number of anilines is 1. The fraction of sp³-hybridized carbons (Fsp3) is 0.111. The quantitative estimate of drug-likeness (QED) is 0.703. The Balaban J connectivity index is 2.31. The molecule has 0 aliphatic carbocycles. The maximum atomic E-state index is 11.6. The molecule has 0 bridgehead atoms. The number of sulfonamides is 1. The molecule has 0 aliphatic heterocycles. The fourth-order valence-corrected chi connectivity index (χ4v) is 2.74. The van der Waals surface area contributed by atoms with Crippen LogP contribution >= 0.6 is 11.8 Å². The lowest BCUT2D eigenvalue weighted by molar-refractivity contribution is 0.588. The normalized spacial score (nSPS) is 11.6. The summed E-state index contributed by atoms with van der Waals surface area (Å²) in [6, 6.07) is 4.53. The van der Waals surface area contributed by atoms with E-state index in [2.05, 4.69) is 19.9 Å². The van der Waals surface area contributed by atoms with E-state index in [0.29, 0.717) is 15.7 Å². The molecule has 0 amide bonds. The van der Waals surface area contributed by atoms with Crippen LogP contribution in [0.25, 0.3) is 0 Å². The number of hydrogen-bond acceptors (Lipinski definition) is 6. The van der Waals surface area contributed by atoms with Crippen LogP contribution in [0.3, 0.4) is 0 Å². The first kappa shape index (κ1) is 12.9. The lowest BCUT2D eigenvalue weighted by Crippen LogP contribution is -2.18. The van der Waals surface area contributed by atoms with Gasteiger partial charge < -0.3 is 5.73 Å². The van der Waals surface area contributed by atoms with Crippen LogP contribution in [0.2, 0.25) is 0 Å². The van der Waals surface area contributed by atoms with E-state index in [0.717, 1.165) is 0 Å². The highest BCUT2D eigenvalue weighted by Gasteiger charge is 2.13. The van der Waals surface area contributed by atoms with E-state index in [1.807, 2.05) is 0 Å². The molecule has 0 spiro atoms. The van der Waals surface area contributed by atoms with Gasteiger partial charge >= 0.3 is 0 Å². The Morgan fingerprint density at radius 2 is 2.22 bits per heavy atom. The van der Waals surface area contributed by atoms with Gasteiger partial charge in [-0.05, 0) is 37.0 Å². The zero-order chi connectivity index (χ0) is 13.2. The third kappa shape index (κ3) is 2.63. The first-order valence-electron chi connectivity index (χ1n) is 4.89. The first-order chi connectivity index (χ1) is 8.53. The van der Waals surface area contributed by atoms with Crippen LogP contribution in [0.5, 0.6) is 0 Å². The molecule has 0 saturated carbocycles. The molecule has 4 N–H and O–H groups in total. The number of nitrogen functional groups attached to an aromatic ring is 1. The summed E-state index contributed by atoms with van der Waals surface area (Å²) in [4.78, 5) is 4.79. The van der Waals surface area contributed by atoms with Gasteiger partial charge in [-0.2, -0.15) is 5.10 Å². The van der Waals surface area contributed by atoms with Gasteiger partial charge in [-0.15, -0.1) is 0 Å². The number of aromatic nitrogens is 3. The summed E-state index contributed by atoms with van der Waals surface area (Å²) >= 11 is 1.28. The molecule has 0 unspecified atom stereocenters. The Morgan fingerprint density at radius 3 is 2.78 bits per heavy atom. The van der Waals surface area contributed by atoms with E-state index >= 15 is 0 Å². The van der Waals surface area contributed by atoms with Crippen molar-refractivity contribution in [2.45, 2.75) is 14.9 Å². The summed E-state index contributed by atoms with van der Waals surface area (Å²) in [6.45, 7) is 0. The van der Waals surface area contributed by atoms with Crippen LogP contribution in [-0.4, -0.2) is 30.6 Å². The molecule has 9 heteroatoms. The number of hydrogen-bond donors (Lipinski definition) is 3. The smallest absolute Gasteiger partial charge is 0.240 e. The van der Waals surface area contributed by atoms with Gasteiger partial charge in [0.25, 0.3) is 0 Å². The van der Waals surface area contributed by atoms with Crippen molar-refractivity contribution in [2.24, 2.45) is 0 Å². The molecule has 0 saturated heterocycles. The van der Waals surface area contributed by atoms with Crippen molar-refractivity contribution >= 4 is 27.5 Å². The highest BCUT2D eigenvalue weighted by atomic mass is 32.2. The summed E-state index contributed by atoms with van der Waals surface area (Å²) in [5.74, 6) is 0. The second-order valence-corrected chi connectivity index (χ2v) is 6.22. The number of rotatable bonds is 4. The zero-order valence-electron chi connectivity index (χ0n) is 9.41. The summed E-state index contributed by atoms with van der Waals surface area (Å²) in [5, 5.41) is 6.99. The Hall–Kier alpha value is -1.58. The minimum Gasteiger partial charge on any atom is -0.398 e. The molecule has 0 aliphatic rings. The number of benzene rings is 1. The van der Waals surface area contributed by atoms with Gasteiger partial charge in [-0.25, -0.2) is 18.1 Å². The Kier molecular flexibility index (Phi) is 3.55. The fourth-order valence-electron chi connectivity index (χ4n) is 1.25. The number of nitrogens with one attached hydrogen (secondary N) is 2. The maximum absolute atomic E-state index is 11.6. The topological polar surface area (TPSA) is 114 Å². The van der Waals surface area contributed by atoms with E-state index in [9.17, 15) is 8.42 Å².